The molecule has 9 heteroatoms. The lowest BCUT2D eigenvalue weighted by Crippen LogP contribution is -2.05. The predicted octanol–water partition coefficient (Wildman–Crippen LogP) is 2.64. The molecule has 1 unspecified atom stereocenters. The molecule has 22 heavy (non-hydrogen) atoms. The maximum atomic E-state index is 11.5. The van der Waals surface area contributed by atoms with Crippen molar-refractivity contribution in [2.75, 3.05) is 18.7 Å². The predicted molar refractivity (Wildman–Crippen MR) is 79.3 cm³/mol. The first-order valence-electron chi connectivity index (χ1n) is 6.27. The minimum absolute atomic E-state index is 0.0589. The Labute approximate surface area is 126 Å². The van der Waals surface area contributed by atoms with Crippen molar-refractivity contribution in [3.8, 4) is 5.88 Å². The highest BCUT2D eigenvalue weighted by molar-refractivity contribution is 7.32. The molecule has 1 N–H and O–H groups in total. The molecule has 3 rings (SSSR count). The van der Waals surface area contributed by atoms with Crippen LogP contribution in [0.3, 0.4) is 0 Å². The summed E-state index contributed by atoms with van der Waals surface area (Å²) in [6.45, 7) is 0. The van der Waals surface area contributed by atoms with Crippen LogP contribution in [0.15, 0.2) is 39.8 Å². The van der Waals surface area contributed by atoms with E-state index in [0.717, 1.165) is 0 Å². The van der Waals surface area contributed by atoms with Crippen LogP contribution in [0.1, 0.15) is 10.6 Å². The van der Waals surface area contributed by atoms with Crippen LogP contribution in [0.5, 0.6) is 5.88 Å². The van der Waals surface area contributed by atoms with Gasteiger partial charge in [-0.2, -0.15) is 4.98 Å². The van der Waals surface area contributed by atoms with Gasteiger partial charge in [0.1, 0.15) is 11.8 Å². The van der Waals surface area contributed by atoms with E-state index < -0.39 is 5.97 Å². The average molecular weight is 321 g/mol. The van der Waals surface area contributed by atoms with Gasteiger partial charge < -0.3 is 23.4 Å². The monoisotopic (exact) mass is 321 g/mol. The van der Waals surface area contributed by atoms with Crippen molar-refractivity contribution in [1.29, 1.82) is 0 Å². The number of esters is 1. The van der Waals surface area contributed by atoms with Gasteiger partial charge in [0.2, 0.25) is 11.3 Å². The summed E-state index contributed by atoms with van der Waals surface area (Å²) in [6.07, 6.45) is 4.82. The Morgan fingerprint density at radius 1 is 1.32 bits per heavy atom. The third kappa shape index (κ3) is 2.87. The first kappa shape index (κ1) is 14.3. The number of nitrogens with one attached hydrogen (secondary N) is 1. The Morgan fingerprint density at radius 3 is 3.05 bits per heavy atom. The number of fused-ring (bicyclic) bond motifs is 1. The summed E-state index contributed by atoms with van der Waals surface area (Å²) >= 11 is 0. The molecule has 0 aliphatic rings. The first-order chi connectivity index (χ1) is 10.8. The third-order valence-electron chi connectivity index (χ3n) is 2.77. The Bertz CT molecular complexity index is 785. The zero-order chi connectivity index (χ0) is 15.4. The van der Waals surface area contributed by atoms with E-state index in [-0.39, 0.29) is 14.6 Å². The first-order valence-corrected chi connectivity index (χ1v) is 7.38. The molecule has 0 aliphatic carbocycles. The van der Waals surface area contributed by atoms with Crippen LogP contribution in [-0.2, 0) is 4.74 Å². The van der Waals surface area contributed by atoms with Crippen LogP contribution < -0.4 is 9.84 Å². The quantitative estimate of drug-likeness (QED) is 0.420. The van der Waals surface area contributed by atoms with E-state index >= 15 is 0 Å². The number of furan rings is 2. The molecule has 0 saturated heterocycles. The second-order valence-electron chi connectivity index (χ2n) is 4.07. The van der Waals surface area contributed by atoms with Crippen molar-refractivity contribution in [1.82, 2.24) is 9.97 Å². The lowest BCUT2D eigenvalue weighted by atomic mass is 10.4. The fourth-order valence-corrected chi connectivity index (χ4v) is 2.39. The van der Waals surface area contributed by atoms with Crippen molar-refractivity contribution in [3.05, 3.63) is 36.7 Å². The number of ether oxygens (including phenoxy) is 1. The smallest absolute Gasteiger partial charge is 0.376 e. The van der Waals surface area contributed by atoms with Crippen LogP contribution in [0.25, 0.3) is 11.1 Å². The van der Waals surface area contributed by atoms with Gasteiger partial charge in [-0.1, -0.05) is 0 Å². The molecule has 3 heterocycles. The standard InChI is InChI=1S/C13H12N3O5P/c1-18-13(17)11-9(3-5-20-11)16-7-22-21-12-10-8(2-4-19-10)14-6-15-12/h2-6,16,22H,7H2,1H3. The van der Waals surface area contributed by atoms with Gasteiger partial charge in [-0.15, -0.1) is 0 Å². The van der Waals surface area contributed by atoms with Crippen LogP contribution >= 0.6 is 8.81 Å². The number of hydrogen-bond donors (Lipinski definition) is 1. The highest BCUT2D eigenvalue weighted by atomic mass is 31.1. The molecule has 0 spiro atoms. The van der Waals surface area contributed by atoms with E-state index in [4.69, 9.17) is 13.4 Å². The molecule has 8 nitrogen and oxygen atoms in total. The van der Waals surface area contributed by atoms with Crippen LogP contribution in [0, 0.1) is 0 Å². The number of rotatable bonds is 6. The largest absolute Gasteiger partial charge is 0.463 e. The molecule has 0 fully saturated rings. The second kappa shape index (κ2) is 6.44. The molecular formula is C13H12N3O5P. The number of aromatic nitrogens is 2. The fourth-order valence-electron chi connectivity index (χ4n) is 1.77. The third-order valence-corrected chi connectivity index (χ3v) is 3.43. The lowest BCUT2D eigenvalue weighted by Gasteiger charge is -2.07. The van der Waals surface area contributed by atoms with E-state index in [1.807, 2.05) is 0 Å². The van der Waals surface area contributed by atoms with Crippen LogP contribution in [0.4, 0.5) is 5.69 Å². The molecule has 0 aromatic carbocycles. The number of carbonyl (C=O) groups excluding carboxylic acids is 1. The molecule has 1 atom stereocenters. The average Bonchev–Trinajstić information content (AvgIpc) is 3.19. The number of nitrogens with zero attached hydrogens (tertiary/aromatic N) is 2. The molecule has 0 amide bonds. The van der Waals surface area contributed by atoms with Crippen LogP contribution in [-0.4, -0.2) is 29.3 Å². The zero-order valence-corrected chi connectivity index (χ0v) is 12.5. The van der Waals surface area contributed by atoms with Gasteiger partial charge in [-0.05, 0) is 0 Å². The molecule has 0 aliphatic heterocycles. The van der Waals surface area contributed by atoms with E-state index in [1.54, 1.807) is 12.1 Å². The van der Waals surface area contributed by atoms with Gasteiger partial charge in [0.15, 0.2) is 0 Å². The van der Waals surface area contributed by atoms with Gasteiger partial charge >= 0.3 is 5.97 Å². The molecule has 0 bridgehead atoms. The van der Waals surface area contributed by atoms with Crippen molar-refractivity contribution < 1.29 is 22.9 Å². The van der Waals surface area contributed by atoms with E-state index in [2.05, 4.69) is 20.0 Å². The van der Waals surface area contributed by atoms with Gasteiger partial charge in [0.25, 0.3) is 5.88 Å². The maximum absolute atomic E-state index is 11.5. The second-order valence-corrected chi connectivity index (χ2v) is 4.92. The molecule has 0 radical (unpaired) electrons. The maximum Gasteiger partial charge on any atom is 0.376 e. The van der Waals surface area contributed by atoms with Crippen molar-refractivity contribution in [3.63, 3.8) is 0 Å². The summed E-state index contributed by atoms with van der Waals surface area (Å²) in [5.41, 5.74) is 1.74. The van der Waals surface area contributed by atoms with Gasteiger partial charge in [0, 0.05) is 12.1 Å². The Hall–Kier alpha value is -2.60. The molecular weight excluding hydrogens is 309 g/mol. The number of anilines is 1. The van der Waals surface area contributed by atoms with E-state index in [1.165, 1.54) is 26.0 Å². The number of carbonyl (C=O) groups is 1. The summed E-state index contributed by atoms with van der Waals surface area (Å²) in [6, 6.07) is 3.38. The normalized spacial score (nSPS) is 11.1. The topological polar surface area (TPSA) is 99.6 Å². The van der Waals surface area contributed by atoms with Gasteiger partial charge in [-0.3, -0.25) is 0 Å². The number of hydrogen-bond acceptors (Lipinski definition) is 8. The summed E-state index contributed by atoms with van der Waals surface area (Å²) < 4.78 is 20.5. The van der Waals surface area contributed by atoms with Crippen molar-refractivity contribution >= 4 is 31.6 Å². The van der Waals surface area contributed by atoms with Crippen molar-refractivity contribution in [2.45, 2.75) is 0 Å². The van der Waals surface area contributed by atoms with Gasteiger partial charge in [-0.25, -0.2) is 9.78 Å². The SMILES string of the molecule is COC(=O)c1occc1NCPOc1ncnc2ccoc12. The molecule has 3 aromatic rings. The summed E-state index contributed by atoms with van der Waals surface area (Å²) in [4.78, 5) is 19.5. The fraction of sp³-hybridized carbons (Fsp3) is 0.154. The Kier molecular flexibility index (Phi) is 4.20. The minimum Gasteiger partial charge on any atom is -0.463 e. The summed E-state index contributed by atoms with van der Waals surface area (Å²) in [5, 5.41) is 3.04. The van der Waals surface area contributed by atoms with E-state index in [0.29, 0.717) is 29.0 Å². The minimum atomic E-state index is -0.537. The highest BCUT2D eigenvalue weighted by Gasteiger charge is 2.15. The lowest BCUT2D eigenvalue weighted by molar-refractivity contribution is 0.0566. The van der Waals surface area contributed by atoms with Crippen molar-refractivity contribution in [2.24, 2.45) is 0 Å². The highest BCUT2D eigenvalue weighted by Crippen LogP contribution is 2.27. The molecule has 3 aromatic heterocycles. The van der Waals surface area contributed by atoms with Gasteiger partial charge in [0.05, 0.1) is 40.4 Å². The Morgan fingerprint density at radius 2 is 2.18 bits per heavy atom. The molecule has 0 saturated carbocycles. The summed E-state index contributed by atoms with van der Waals surface area (Å²) in [7, 11) is 1.35. The van der Waals surface area contributed by atoms with E-state index in [9.17, 15) is 4.79 Å². The van der Waals surface area contributed by atoms with Crippen LogP contribution in [0.2, 0.25) is 0 Å². The number of methoxy groups -OCH3 is 1. The zero-order valence-electron chi connectivity index (χ0n) is 11.5. The Balaban J connectivity index is 1.57. The summed E-state index contributed by atoms with van der Waals surface area (Å²) in [5.74, 6) is -0.0249. The molecule has 114 valence electrons.